The number of unbranched alkanes of at least 4 members (excludes halogenated alkanes) is 37. The molecule has 0 saturated carbocycles. The summed E-state index contributed by atoms with van der Waals surface area (Å²) < 4.78 is 16.9. The molecular weight excluding hydrogens is 793 g/mol. The number of carbonyl (C=O) groups excluding carboxylic acids is 3. The molecule has 0 aliphatic rings. The summed E-state index contributed by atoms with van der Waals surface area (Å²) in [6, 6.07) is 0. The van der Waals surface area contributed by atoms with Crippen molar-refractivity contribution in [1.29, 1.82) is 0 Å². The van der Waals surface area contributed by atoms with Gasteiger partial charge in [-0.25, -0.2) is 0 Å². The maximum absolute atomic E-state index is 12.8. The van der Waals surface area contributed by atoms with E-state index in [4.69, 9.17) is 14.2 Å². The van der Waals surface area contributed by atoms with Gasteiger partial charge in [-0.1, -0.05) is 263 Å². The lowest BCUT2D eigenvalue weighted by atomic mass is 10.0. The Labute approximate surface area is 398 Å². The van der Waals surface area contributed by atoms with Crippen molar-refractivity contribution in [2.75, 3.05) is 13.2 Å². The molecule has 1 unspecified atom stereocenters. The molecule has 0 aliphatic heterocycles. The molecule has 0 N–H and O–H groups in total. The van der Waals surface area contributed by atoms with Gasteiger partial charge >= 0.3 is 17.9 Å². The van der Waals surface area contributed by atoms with Crippen LogP contribution in [0.2, 0.25) is 0 Å². The molecule has 6 nitrogen and oxygen atoms in total. The second-order valence-electron chi connectivity index (χ2n) is 19.2. The molecule has 0 spiro atoms. The summed E-state index contributed by atoms with van der Waals surface area (Å²) in [6.07, 6.45) is 61.6. The molecule has 0 rings (SSSR count). The first-order valence-corrected chi connectivity index (χ1v) is 28.3. The Morgan fingerprint density at radius 2 is 0.562 bits per heavy atom. The number of carbonyl (C=O) groups is 3. The van der Waals surface area contributed by atoms with E-state index in [0.717, 1.165) is 77.0 Å². The standard InChI is InChI=1S/C58H108O6/c1-4-7-10-13-16-19-22-25-28-29-31-33-36-39-42-45-48-51-57(60)63-54-55(53-62-56(59)50-47-44-41-38-35-32-27-24-21-18-15-12-9-6-3)64-58(61)52-49-46-43-40-37-34-30-26-23-20-17-14-11-8-5-2/h17,20,26,30,55H,4-16,18-19,21-25,27-29,31-54H2,1-3H3/b20-17-,30-26-. The van der Waals surface area contributed by atoms with Crippen molar-refractivity contribution in [2.45, 2.75) is 316 Å². The summed E-state index contributed by atoms with van der Waals surface area (Å²) >= 11 is 0. The van der Waals surface area contributed by atoms with E-state index in [0.29, 0.717) is 19.3 Å². The third kappa shape index (κ3) is 50.9. The Hall–Kier alpha value is -2.11. The number of hydrogen-bond acceptors (Lipinski definition) is 6. The van der Waals surface area contributed by atoms with E-state index in [2.05, 4.69) is 45.1 Å². The average Bonchev–Trinajstić information content (AvgIpc) is 3.29. The number of hydrogen-bond donors (Lipinski definition) is 0. The molecule has 0 saturated heterocycles. The van der Waals surface area contributed by atoms with E-state index >= 15 is 0 Å². The second-order valence-corrected chi connectivity index (χ2v) is 19.2. The van der Waals surface area contributed by atoms with Crippen molar-refractivity contribution in [1.82, 2.24) is 0 Å². The van der Waals surface area contributed by atoms with Crippen LogP contribution in [0.3, 0.4) is 0 Å². The minimum absolute atomic E-state index is 0.0716. The van der Waals surface area contributed by atoms with Crippen LogP contribution in [0.4, 0.5) is 0 Å². The topological polar surface area (TPSA) is 78.9 Å². The Balaban J connectivity index is 4.34. The molecule has 0 heterocycles. The fraction of sp³-hybridized carbons (Fsp3) is 0.879. The Morgan fingerprint density at radius 1 is 0.312 bits per heavy atom. The summed E-state index contributed by atoms with van der Waals surface area (Å²) in [7, 11) is 0. The molecule has 64 heavy (non-hydrogen) atoms. The normalized spacial score (nSPS) is 12.1. The van der Waals surface area contributed by atoms with Crippen LogP contribution < -0.4 is 0 Å². The van der Waals surface area contributed by atoms with E-state index in [1.165, 1.54) is 193 Å². The zero-order valence-electron chi connectivity index (χ0n) is 43.1. The van der Waals surface area contributed by atoms with Gasteiger partial charge in [0.25, 0.3) is 0 Å². The quantitative estimate of drug-likeness (QED) is 0.0262. The first kappa shape index (κ1) is 61.9. The first-order valence-electron chi connectivity index (χ1n) is 28.3. The minimum atomic E-state index is -0.773. The largest absolute Gasteiger partial charge is 0.462 e. The summed E-state index contributed by atoms with van der Waals surface area (Å²) in [5.74, 6) is -0.865. The average molecular weight is 901 g/mol. The predicted octanol–water partition coefficient (Wildman–Crippen LogP) is 18.7. The number of ether oxygens (including phenoxy) is 3. The van der Waals surface area contributed by atoms with Gasteiger partial charge in [0.15, 0.2) is 6.10 Å². The fourth-order valence-electron chi connectivity index (χ4n) is 8.42. The first-order chi connectivity index (χ1) is 31.5. The molecule has 0 aromatic rings. The van der Waals surface area contributed by atoms with E-state index in [1.807, 2.05) is 0 Å². The maximum atomic E-state index is 12.8. The lowest BCUT2D eigenvalue weighted by Gasteiger charge is -2.18. The number of esters is 3. The third-order valence-electron chi connectivity index (χ3n) is 12.7. The van der Waals surface area contributed by atoms with E-state index in [-0.39, 0.29) is 31.1 Å². The Bertz CT molecular complexity index is 1040. The van der Waals surface area contributed by atoms with Crippen LogP contribution in [-0.2, 0) is 28.6 Å². The molecule has 6 heteroatoms. The molecule has 1 atom stereocenters. The summed E-state index contributed by atoms with van der Waals surface area (Å²) in [5, 5.41) is 0. The van der Waals surface area contributed by atoms with Crippen LogP contribution in [-0.4, -0.2) is 37.2 Å². The number of allylic oxidation sites excluding steroid dienone is 4. The lowest BCUT2D eigenvalue weighted by Crippen LogP contribution is -2.30. The maximum Gasteiger partial charge on any atom is 0.306 e. The smallest absolute Gasteiger partial charge is 0.306 e. The van der Waals surface area contributed by atoms with Gasteiger partial charge in [0.1, 0.15) is 13.2 Å². The molecule has 0 radical (unpaired) electrons. The molecule has 0 aromatic carbocycles. The van der Waals surface area contributed by atoms with Crippen LogP contribution in [0.25, 0.3) is 0 Å². The van der Waals surface area contributed by atoms with Gasteiger partial charge < -0.3 is 14.2 Å². The Kier molecular flexibility index (Phi) is 51.7. The van der Waals surface area contributed by atoms with E-state index < -0.39 is 6.10 Å². The highest BCUT2D eigenvalue weighted by atomic mass is 16.6. The fourth-order valence-corrected chi connectivity index (χ4v) is 8.42. The molecule has 0 fully saturated rings. The minimum Gasteiger partial charge on any atom is -0.462 e. The van der Waals surface area contributed by atoms with Crippen LogP contribution in [0.15, 0.2) is 24.3 Å². The zero-order valence-corrected chi connectivity index (χ0v) is 43.1. The van der Waals surface area contributed by atoms with Gasteiger partial charge in [0.2, 0.25) is 0 Å². The lowest BCUT2D eigenvalue weighted by molar-refractivity contribution is -0.167. The van der Waals surface area contributed by atoms with Gasteiger partial charge in [-0.2, -0.15) is 0 Å². The van der Waals surface area contributed by atoms with Gasteiger partial charge in [0.05, 0.1) is 0 Å². The van der Waals surface area contributed by atoms with Crippen molar-refractivity contribution < 1.29 is 28.6 Å². The molecule has 0 bridgehead atoms. The van der Waals surface area contributed by atoms with Gasteiger partial charge in [-0.15, -0.1) is 0 Å². The van der Waals surface area contributed by atoms with Crippen LogP contribution >= 0.6 is 0 Å². The van der Waals surface area contributed by atoms with E-state index in [1.54, 1.807) is 0 Å². The second kappa shape index (κ2) is 53.5. The van der Waals surface area contributed by atoms with Crippen molar-refractivity contribution in [3.05, 3.63) is 24.3 Å². The van der Waals surface area contributed by atoms with Crippen LogP contribution in [0.5, 0.6) is 0 Å². The molecular formula is C58H108O6. The summed E-state index contributed by atoms with van der Waals surface area (Å²) in [4.78, 5) is 38.1. The monoisotopic (exact) mass is 901 g/mol. The number of rotatable bonds is 52. The SMILES string of the molecule is CCCCC/C=C\C/C=C\CCCCCCCC(=O)OC(COC(=O)CCCCCCCCCCCCCCCC)COC(=O)CCCCCCCCCCCCCCCCCCC. The van der Waals surface area contributed by atoms with Crippen molar-refractivity contribution in [2.24, 2.45) is 0 Å². The molecule has 376 valence electrons. The highest BCUT2D eigenvalue weighted by molar-refractivity contribution is 5.71. The highest BCUT2D eigenvalue weighted by Gasteiger charge is 2.19. The van der Waals surface area contributed by atoms with Gasteiger partial charge in [0, 0.05) is 19.3 Å². The summed E-state index contributed by atoms with van der Waals surface area (Å²) in [6.45, 7) is 6.65. The molecule has 0 amide bonds. The van der Waals surface area contributed by atoms with Crippen molar-refractivity contribution in [3.8, 4) is 0 Å². The molecule has 0 aromatic heterocycles. The van der Waals surface area contributed by atoms with Gasteiger partial charge in [-0.05, 0) is 51.4 Å². The third-order valence-corrected chi connectivity index (χ3v) is 12.7. The Morgan fingerprint density at radius 3 is 0.891 bits per heavy atom. The van der Waals surface area contributed by atoms with E-state index in [9.17, 15) is 14.4 Å². The van der Waals surface area contributed by atoms with Crippen LogP contribution in [0, 0.1) is 0 Å². The van der Waals surface area contributed by atoms with Gasteiger partial charge in [-0.3, -0.25) is 14.4 Å². The van der Waals surface area contributed by atoms with Crippen molar-refractivity contribution >= 4 is 17.9 Å². The van der Waals surface area contributed by atoms with Crippen LogP contribution in [0.1, 0.15) is 310 Å². The zero-order chi connectivity index (χ0) is 46.5. The van der Waals surface area contributed by atoms with Crippen molar-refractivity contribution in [3.63, 3.8) is 0 Å². The predicted molar refractivity (Wildman–Crippen MR) is 275 cm³/mol. The highest BCUT2D eigenvalue weighted by Crippen LogP contribution is 2.17. The summed E-state index contributed by atoms with van der Waals surface area (Å²) in [5.41, 5.74) is 0. The molecule has 0 aliphatic carbocycles.